The molecule has 160 valence electrons. The Hall–Kier alpha value is -2.33. The summed E-state index contributed by atoms with van der Waals surface area (Å²) in [7, 11) is 0. The highest BCUT2D eigenvalue weighted by molar-refractivity contribution is 6.30. The van der Waals surface area contributed by atoms with E-state index in [2.05, 4.69) is 17.4 Å². The van der Waals surface area contributed by atoms with Crippen LogP contribution in [0.5, 0.6) is 0 Å². The predicted octanol–water partition coefficient (Wildman–Crippen LogP) is 4.79. The molecule has 1 saturated carbocycles. The minimum atomic E-state index is -0.450. The summed E-state index contributed by atoms with van der Waals surface area (Å²) < 4.78 is 0. The molecule has 1 atom stereocenters. The van der Waals surface area contributed by atoms with Crippen molar-refractivity contribution in [2.45, 2.75) is 64.0 Å². The third kappa shape index (κ3) is 6.33. The van der Waals surface area contributed by atoms with Crippen LogP contribution < -0.4 is 5.32 Å². The van der Waals surface area contributed by atoms with E-state index in [1.807, 2.05) is 37.3 Å². The van der Waals surface area contributed by atoms with Crippen LogP contribution in [-0.4, -0.2) is 35.3 Å². The van der Waals surface area contributed by atoms with Gasteiger partial charge in [-0.2, -0.15) is 0 Å². The Bertz CT molecular complexity index is 817. The van der Waals surface area contributed by atoms with Gasteiger partial charge in [-0.3, -0.25) is 9.59 Å². The first-order valence-electron chi connectivity index (χ1n) is 10.9. The Morgan fingerprint density at radius 1 is 1.03 bits per heavy atom. The molecule has 1 aliphatic carbocycles. The van der Waals surface area contributed by atoms with E-state index in [0.717, 1.165) is 43.2 Å². The lowest BCUT2D eigenvalue weighted by Gasteiger charge is -2.31. The first-order chi connectivity index (χ1) is 14.6. The monoisotopic (exact) mass is 426 g/mol. The molecule has 2 aromatic carbocycles. The second-order valence-electron chi connectivity index (χ2n) is 8.04. The zero-order valence-electron chi connectivity index (χ0n) is 17.6. The topological polar surface area (TPSA) is 49.4 Å². The number of hydrogen-bond donors (Lipinski definition) is 1. The van der Waals surface area contributed by atoms with Crippen molar-refractivity contribution >= 4 is 23.4 Å². The van der Waals surface area contributed by atoms with Crippen LogP contribution in [0.4, 0.5) is 0 Å². The average molecular weight is 427 g/mol. The van der Waals surface area contributed by atoms with E-state index in [0.29, 0.717) is 18.0 Å². The number of nitrogens with zero attached hydrogens (tertiary/aromatic N) is 1. The van der Waals surface area contributed by atoms with Crippen LogP contribution in [0.3, 0.4) is 0 Å². The standard InChI is InChI=1S/C25H31ClN2O2/c1-2-23(25(30)27-22-10-6-7-11-22)28(17-16-19-8-4-3-5-9-19)24(29)18-20-12-14-21(26)15-13-20/h3-5,8-9,12-15,22-23H,2,6-7,10-11,16-18H2,1H3,(H,27,30)/t23-/m0/s1. The molecule has 5 heteroatoms. The van der Waals surface area contributed by atoms with Crippen LogP contribution in [0, 0.1) is 0 Å². The van der Waals surface area contributed by atoms with Crippen LogP contribution in [0.15, 0.2) is 54.6 Å². The van der Waals surface area contributed by atoms with Gasteiger partial charge in [0.25, 0.3) is 0 Å². The molecule has 0 bridgehead atoms. The fraction of sp³-hybridized carbons (Fsp3) is 0.440. The maximum absolute atomic E-state index is 13.3. The SMILES string of the molecule is CC[C@@H](C(=O)NC1CCCC1)N(CCc1ccccc1)C(=O)Cc1ccc(Cl)cc1. The van der Waals surface area contributed by atoms with Crippen LogP contribution in [0.1, 0.15) is 50.2 Å². The predicted molar refractivity (Wildman–Crippen MR) is 121 cm³/mol. The van der Waals surface area contributed by atoms with Crippen molar-refractivity contribution in [2.24, 2.45) is 0 Å². The largest absolute Gasteiger partial charge is 0.352 e. The van der Waals surface area contributed by atoms with Gasteiger partial charge in [0.05, 0.1) is 6.42 Å². The van der Waals surface area contributed by atoms with Gasteiger partial charge in [0.15, 0.2) is 0 Å². The quantitative estimate of drug-likeness (QED) is 0.626. The minimum Gasteiger partial charge on any atom is -0.352 e. The van der Waals surface area contributed by atoms with Crippen LogP contribution in [-0.2, 0) is 22.4 Å². The van der Waals surface area contributed by atoms with Gasteiger partial charge in [-0.1, -0.05) is 73.8 Å². The molecule has 0 aliphatic heterocycles. The number of amides is 2. The summed E-state index contributed by atoms with van der Waals surface area (Å²) >= 11 is 5.98. The van der Waals surface area contributed by atoms with Gasteiger partial charge in [-0.05, 0) is 48.9 Å². The van der Waals surface area contributed by atoms with Crippen LogP contribution >= 0.6 is 11.6 Å². The number of carbonyl (C=O) groups excluding carboxylic acids is 2. The molecule has 0 aromatic heterocycles. The first kappa shape index (κ1) is 22.4. The lowest BCUT2D eigenvalue weighted by Crippen LogP contribution is -2.52. The number of nitrogens with one attached hydrogen (secondary N) is 1. The summed E-state index contributed by atoms with van der Waals surface area (Å²) in [5, 5.41) is 3.83. The first-order valence-corrected chi connectivity index (χ1v) is 11.3. The molecule has 3 rings (SSSR count). The highest BCUT2D eigenvalue weighted by atomic mass is 35.5. The highest BCUT2D eigenvalue weighted by Crippen LogP contribution is 2.19. The third-order valence-corrected chi connectivity index (χ3v) is 6.09. The van der Waals surface area contributed by atoms with Gasteiger partial charge < -0.3 is 10.2 Å². The molecule has 0 radical (unpaired) electrons. The molecule has 1 aliphatic rings. The van der Waals surface area contributed by atoms with Gasteiger partial charge in [-0.25, -0.2) is 0 Å². The lowest BCUT2D eigenvalue weighted by molar-refractivity contribution is -0.140. The summed E-state index contributed by atoms with van der Waals surface area (Å²) in [6.07, 6.45) is 5.97. The van der Waals surface area contributed by atoms with E-state index < -0.39 is 6.04 Å². The second-order valence-corrected chi connectivity index (χ2v) is 8.48. The lowest BCUT2D eigenvalue weighted by atomic mass is 10.1. The molecular weight excluding hydrogens is 396 g/mol. The van der Waals surface area contributed by atoms with Crippen molar-refractivity contribution in [3.63, 3.8) is 0 Å². The van der Waals surface area contributed by atoms with Crippen molar-refractivity contribution in [2.75, 3.05) is 6.54 Å². The summed E-state index contributed by atoms with van der Waals surface area (Å²) in [5.41, 5.74) is 2.06. The van der Waals surface area contributed by atoms with E-state index in [1.54, 1.807) is 17.0 Å². The van der Waals surface area contributed by atoms with E-state index in [-0.39, 0.29) is 24.3 Å². The van der Waals surface area contributed by atoms with Crippen molar-refractivity contribution in [3.05, 3.63) is 70.7 Å². The van der Waals surface area contributed by atoms with Gasteiger partial charge in [0, 0.05) is 17.6 Å². The Labute approximate surface area is 184 Å². The molecule has 30 heavy (non-hydrogen) atoms. The Kier molecular flexibility index (Phi) is 8.32. The zero-order valence-corrected chi connectivity index (χ0v) is 18.4. The summed E-state index contributed by atoms with van der Waals surface area (Å²) in [6.45, 7) is 2.50. The van der Waals surface area contributed by atoms with E-state index in [9.17, 15) is 9.59 Å². The zero-order chi connectivity index (χ0) is 21.3. The molecule has 1 fully saturated rings. The van der Waals surface area contributed by atoms with E-state index >= 15 is 0 Å². The molecule has 2 amide bonds. The fourth-order valence-electron chi connectivity index (χ4n) is 4.14. The molecular formula is C25H31ClN2O2. The van der Waals surface area contributed by atoms with Crippen molar-refractivity contribution < 1.29 is 9.59 Å². The summed E-state index contributed by atoms with van der Waals surface area (Å²) in [4.78, 5) is 28.1. The third-order valence-electron chi connectivity index (χ3n) is 5.84. The maximum Gasteiger partial charge on any atom is 0.243 e. The van der Waals surface area contributed by atoms with E-state index in [4.69, 9.17) is 11.6 Å². The Morgan fingerprint density at radius 2 is 1.70 bits per heavy atom. The summed E-state index contributed by atoms with van der Waals surface area (Å²) in [5.74, 6) is -0.0522. The Morgan fingerprint density at radius 3 is 2.33 bits per heavy atom. The van der Waals surface area contributed by atoms with Gasteiger partial charge >= 0.3 is 0 Å². The van der Waals surface area contributed by atoms with Crippen molar-refractivity contribution in [1.29, 1.82) is 0 Å². The molecule has 0 spiro atoms. The number of halogens is 1. The number of benzene rings is 2. The molecule has 2 aromatic rings. The number of hydrogen-bond acceptors (Lipinski definition) is 2. The van der Waals surface area contributed by atoms with Crippen LogP contribution in [0.25, 0.3) is 0 Å². The molecule has 0 heterocycles. The van der Waals surface area contributed by atoms with Gasteiger partial charge in [-0.15, -0.1) is 0 Å². The van der Waals surface area contributed by atoms with Crippen molar-refractivity contribution in [3.8, 4) is 0 Å². The smallest absolute Gasteiger partial charge is 0.243 e. The van der Waals surface area contributed by atoms with Crippen LogP contribution in [0.2, 0.25) is 5.02 Å². The van der Waals surface area contributed by atoms with Gasteiger partial charge in [0.2, 0.25) is 11.8 Å². The maximum atomic E-state index is 13.3. The Balaban J connectivity index is 1.74. The number of rotatable bonds is 9. The van der Waals surface area contributed by atoms with E-state index in [1.165, 1.54) is 0 Å². The average Bonchev–Trinajstić information content (AvgIpc) is 3.26. The second kappa shape index (κ2) is 11.2. The molecule has 4 nitrogen and oxygen atoms in total. The summed E-state index contributed by atoms with van der Waals surface area (Å²) in [6, 6.07) is 17.2. The normalized spacial score (nSPS) is 15.0. The number of carbonyl (C=O) groups is 2. The highest BCUT2D eigenvalue weighted by Gasteiger charge is 2.30. The fourth-order valence-corrected chi connectivity index (χ4v) is 4.27. The molecule has 1 N–H and O–H groups in total. The molecule has 0 saturated heterocycles. The van der Waals surface area contributed by atoms with Gasteiger partial charge in [0.1, 0.15) is 6.04 Å². The molecule has 0 unspecified atom stereocenters. The van der Waals surface area contributed by atoms with Crippen molar-refractivity contribution in [1.82, 2.24) is 10.2 Å². The minimum absolute atomic E-state index is 0.0260.